The number of ether oxygens (including phenoxy) is 2. The van der Waals surface area contributed by atoms with Crippen LogP contribution in [0.25, 0.3) is 5.76 Å². The van der Waals surface area contributed by atoms with E-state index in [4.69, 9.17) is 9.47 Å². The first kappa shape index (κ1) is 25.8. The third-order valence-corrected chi connectivity index (χ3v) is 6.16. The number of nitrogens with zero attached hydrogens (tertiary/aromatic N) is 2. The molecule has 2 N–H and O–H groups in total. The van der Waals surface area contributed by atoms with E-state index >= 15 is 0 Å². The SMILES string of the molecule is COc1cc([C@@H]2C(=C(O)c3ccc(OCC(C)C)c(C)c3)C(=O)C(=O)N2Cc2cccnc2)ccc1O. The number of hydrogen-bond donors (Lipinski definition) is 2. The molecular formula is C29H30N2O6. The smallest absolute Gasteiger partial charge is 0.295 e. The molecule has 0 bridgehead atoms. The Balaban J connectivity index is 1.82. The highest BCUT2D eigenvalue weighted by atomic mass is 16.5. The molecule has 8 heteroatoms. The van der Waals surface area contributed by atoms with E-state index in [0.29, 0.717) is 29.4 Å². The number of rotatable bonds is 8. The topological polar surface area (TPSA) is 109 Å². The summed E-state index contributed by atoms with van der Waals surface area (Å²) in [5.41, 5.74) is 2.37. The minimum Gasteiger partial charge on any atom is -0.507 e. The highest BCUT2D eigenvalue weighted by Gasteiger charge is 2.46. The van der Waals surface area contributed by atoms with Gasteiger partial charge in [-0.2, -0.15) is 0 Å². The number of phenols is 1. The number of likely N-dealkylation sites (tertiary alicyclic amines) is 1. The van der Waals surface area contributed by atoms with Gasteiger partial charge >= 0.3 is 0 Å². The first-order chi connectivity index (χ1) is 17.7. The molecule has 2 aromatic carbocycles. The van der Waals surface area contributed by atoms with Crippen LogP contribution in [-0.4, -0.2) is 45.5 Å². The molecule has 1 aromatic heterocycles. The Kier molecular flexibility index (Phi) is 7.47. The molecule has 37 heavy (non-hydrogen) atoms. The summed E-state index contributed by atoms with van der Waals surface area (Å²) in [7, 11) is 1.41. The molecule has 3 aromatic rings. The normalized spacial score (nSPS) is 16.9. The summed E-state index contributed by atoms with van der Waals surface area (Å²) in [6, 6.07) is 12.4. The molecule has 4 rings (SSSR count). The zero-order valence-electron chi connectivity index (χ0n) is 21.3. The van der Waals surface area contributed by atoms with Crippen molar-refractivity contribution in [1.29, 1.82) is 0 Å². The van der Waals surface area contributed by atoms with Crippen molar-refractivity contribution in [3.63, 3.8) is 0 Å². The molecular weight excluding hydrogens is 472 g/mol. The highest BCUT2D eigenvalue weighted by Crippen LogP contribution is 2.42. The number of pyridine rings is 1. The molecule has 192 valence electrons. The molecule has 1 aliphatic heterocycles. The number of methoxy groups -OCH3 is 1. The average Bonchev–Trinajstić information content (AvgIpc) is 3.13. The quantitative estimate of drug-likeness (QED) is 0.260. The van der Waals surface area contributed by atoms with Crippen molar-refractivity contribution < 1.29 is 29.3 Å². The van der Waals surface area contributed by atoms with Gasteiger partial charge in [-0.1, -0.05) is 26.0 Å². The van der Waals surface area contributed by atoms with Crippen LogP contribution in [0.3, 0.4) is 0 Å². The number of hydrogen-bond acceptors (Lipinski definition) is 7. The van der Waals surface area contributed by atoms with E-state index in [2.05, 4.69) is 18.8 Å². The Hall–Kier alpha value is -4.33. The van der Waals surface area contributed by atoms with E-state index in [-0.39, 0.29) is 29.4 Å². The Morgan fingerprint density at radius 3 is 2.54 bits per heavy atom. The predicted molar refractivity (Wildman–Crippen MR) is 138 cm³/mol. The van der Waals surface area contributed by atoms with Gasteiger partial charge in [0.1, 0.15) is 11.5 Å². The fourth-order valence-corrected chi connectivity index (χ4v) is 4.31. The number of aromatic hydroxyl groups is 1. The Morgan fingerprint density at radius 2 is 1.89 bits per heavy atom. The average molecular weight is 503 g/mol. The van der Waals surface area contributed by atoms with Gasteiger partial charge < -0.3 is 24.6 Å². The maximum atomic E-state index is 13.3. The number of benzene rings is 2. The number of carbonyl (C=O) groups excluding carboxylic acids is 2. The minimum absolute atomic E-state index is 0.0446. The molecule has 1 aliphatic rings. The largest absolute Gasteiger partial charge is 0.507 e. The number of Topliss-reactive ketones (excluding diaryl/α,β-unsaturated/α-hetero) is 1. The molecule has 0 spiro atoms. The van der Waals surface area contributed by atoms with Crippen molar-refractivity contribution in [2.45, 2.75) is 33.4 Å². The van der Waals surface area contributed by atoms with Crippen LogP contribution in [0.4, 0.5) is 0 Å². The van der Waals surface area contributed by atoms with Crippen molar-refractivity contribution in [2.24, 2.45) is 5.92 Å². The summed E-state index contributed by atoms with van der Waals surface area (Å²) in [5, 5.41) is 21.5. The maximum absolute atomic E-state index is 13.3. The summed E-state index contributed by atoms with van der Waals surface area (Å²) < 4.78 is 11.1. The number of amides is 1. The van der Waals surface area contributed by atoms with Crippen LogP contribution in [0.2, 0.25) is 0 Å². The number of phenolic OH excluding ortho intramolecular Hbond substituents is 1. The lowest BCUT2D eigenvalue weighted by Gasteiger charge is -2.26. The standard InChI is InChI=1S/C29H30N2O6/c1-17(2)16-37-23-10-8-21(12-18(23)3)27(33)25-26(20-7-9-22(32)24(13-20)36-4)31(29(35)28(25)34)15-19-6-5-11-30-14-19/h5-14,17,26,32-33H,15-16H2,1-4H3/t26-/m1/s1. The molecule has 1 saturated heterocycles. The molecule has 1 amide bonds. The van der Waals surface area contributed by atoms with E-state index in [9.17, 15) is 19.8 Å². The summed E-state index contributed by atoms with van der Waals surface area (Å²) >= 11 is 0. The molecule has 0 aliphatic carbocycles. The molecule has 1 atom stereocenters. The molecule has 1 fully saturated rings. The second-order valence-corrected chi connectivity index (χ2v) is 9.40. The molecule has 2 heterocycles. The fourth-order valence-electron chi connectivity index (χ4n) is 4.31. The van der Waals surface area contributed by atoms with Gasteiger partial charge in [-0.25, -0.2) is 0 Å². The van der Waals surface area contributed by atoms with Crippen LogP contribution in [0.5, 0.6) is 17.2 Å². The first-order valence-electron chi connectivity index (χ1n) is 12.0. The van der Waals surface area contributed by atoms with Crippen LogP contribution >= 0.6 is 0 Å². The molecule has 8 nitrogen and oxygen atoms in total. The van der Waals surface area contributed by atoms with Crippen molar-refractivity contribution >= 4 is 17.4 Å². The molecule has 0 unspecified atom stereocenters. The number of aryl methyl sites for hydroxylation is 1. The van der Waals surface area contributed by atoms with Gasteiger partial charge in [-0.3, -0.25) is 14.6 Å². The van der Waals surface area contributed by atoms with Gasteiger partial charge in [0.15, 0.2) is 11.5 Å². The Morgan fingerprint density at radius 1 is 1.11 bits per heavy atom. The highest BCUT2D eigenvalue weighted by molar-refractivity contribution is 6.46. The van der Waals surface area contributed by atoms with Crippen LogP contribution in [-0.2, 0) is 16.1 Å². The number of aliphatic hydroxyl groups is 1. The summed E-state index contributed by atoms with van der Waals surface area (Å²) in [5.74, 6) is -0.683. The zero-order chi connectivity index (χ0) is 26.7. The predicted octanol–water partition coefficient (Wildman–Crippen LogP) is 4.76. The maximum Gasteiger partial charge on any atom is 0.295 e. The van der Waals surface area contributed by atoms with Gasteiger partial charge in [0.2, 0.25) is 0 Å². The number of aromatic nitrogens is 1. The van der Waals surface area contributed by atoms with Crippen LogP contribution < -0.4 is 9.47 Å². The lowest BCUT2D eigenvalue weighted by atomic mass is 9.94. The molecule has 0 radical (unpaired) electrons. The molecule has 0 saturated carbocycles. The van der Waals surface area contributed by atoms with Gasteiger partial charge in [-0.15, -0.1) is 0 Å². The summed E-state index contributed by atoms with van der Waals surface area (Å²) in [4.78, 5) is 32.1. The number of ketones is 1. The second-order valence-electron chi connectivity index (χ2n) is 9.40. The van der Waals surface area contributed by atoms with Gasteiger partial charge in [-0.05, 0) is 65.9 Å². The van der Waals surface area contributed by atoms with Gasteiger partial charge in [0, 0.05) is 24.5 Å². The zero-order valence-corrected chi connectivity index (χ0v) is 21.3. The minimum atomic E-state index is -0.910. The fraction of sp³-hybridized carbons (Fsp3) is 0.276. The lowest BCUT2D eigenvalue weighted by Crippen LogP contribution is -2.29. The van der Waals surface area contributed by atoms with E-state index in [1.54, 1.807) is 54.9 Å². The monoisotopic (exact) mass is 502 g/mol. The Bertz CT molecular complexity index is 1350. The van der Waals surface area contributed by atoms with Gasteiger partial charge in [0.05, 0.1) is 25.3 Å². The third-order valence-electron chi connectivity index (χ3n) is 6.16. The van der Waals surface area contributed by atoms with Crippen molar-refractivity contribution in [3.05, 3.63) is 88.8 Å². The number of aliphatic hydroxyl groups excluding tert-OH is 1. The van der Waals surface area contributed by atoms with E-state index in [1.165, 1.54) is 18.1 Å². The second kappa shape index (κ2) is 10.7. The van der Waals surface area contributed by atoms with E-state index in [1.807, 2.05) is 6.92 Å². The lowest BCUT2D eigenvalue weighted by molar-refractivity contribution is -0.140. The van der Waals surface area contributed by atoms with Crippen LogP contribution in [0, 0.1) is 12.8 Å². The third kappa shape index (κ3) is 5.28. The van der Waals surface area contributed by atoms with Crippen molar-refractivity contribution in [3.8, 4) is 17.2 Å². The summed E-state index contributed by atoms with van der Waals surface area (Å²) in [6.45, 7) is 6.62. The van der Waals surface area contributed by atoms with Crippen molar-refractivity contribution in [2.75, 3.05) is 13.7 Å². The van der Waals surface area contributed by atoms with Crippen LogP contribution in [0.15, 0.2) is 66.5 Å². The van der Waals surface area contributed by atoms with Gasteiger partial charge in [0.25, 0.3) is 11.7 Å². The van der Waals surface area contributed by atoms with E-state index < -0.39 is 17.7 Å². The van der Waals surface area contributed by atoms with Crippen LogP contribution in [0.1, 0.15) is 42.1 Å². The van der Waals surface area contributed by atoms with E-state index in [0.717, 1.165) is 11.1 Å². The Labute approximate surface area is 215 Å². The first-order valence-corrected chi connectivity index (χ1v) is 12.0. The number of carbonyl (C=O) groups is 2. The van der Waals surface area contributed by atoms with Crippen molar-refractivity contribution in [1.82, 2.24) is 9.88 Å². The summed E-state index contributed by atoms with van der Waals surface area (Å²) in [6.07, 6.45) is 3.24.